The van der Waals surface area contributed by atoms with Gasteiger partial charge in [0.15, 0.2) is 0 Å². The van der Waals surface area contributed by atoms with Gasteiger partial charge in [0.2, 0.25) is 0 Å². The van der Waals surface area contributed by atoms with E-state index in [4.69, 9.17) is 5.11 Å². The third-order valence-corrected chi connectivity index (χ3v) is 4.11. The van der Waals surface area contributed by atoms with E-state index >= 15 is 0 Å². The van der Waals surface area contributed by atoms with E-state index in [1.165, 1.54) is 22.7 Å². The van der Waals surface area contributed by atoms with Gasteiger partial charge < -0.3 is 5.11 Å². The molecule has 4 nitrogen and oxygen atoms in total. The van der Waals surface area contributed by atoms with E-state index < -0.39 is 11.4 Å². The van der Waals surface area contributed by atoms with Gasteiger partial charge in [0, 0.05) is 11.6 Å². The Morgan fingerprint density at radius 3 is 2.75 bits per heavy atom. The molecule has 0 saturated heterocycles. The number of rotatable bonds is 3. The van der Waals surface area contributed by atoms with Gasteiger partial charge in [-0.25, -0.2) is 4.98 Å². The molecule has 1 N–H and O–H groups in total. The number of aliphatic carboxylic acids is 1. The van der Waals surface area contributed by atoms with E-state index in [0.717, 1.165) is 9.88 Å². The van der Waals surface area contributed by atoms with E-state index in [2.05, 4.69) is 9.97 Å². The Morgan fingerprint density at radius 2 is 2.19 bits per heavy atom. The highest BCUT2D eigenvalue weighted by atomic mass is 32.1. The van der Waals surface area contributed by atoms with Crippen LogP contribution in [-0.4, -0.2) is 21.0 Å². The lowest BCUT2D eigenvalue weighted by Gasteiger charge is -2.15. The summed E-state index contributed by atoms with van der Waals surface area (Å²) >= 11 is 2.95. The molecule has 2 aromatic rings. The van der Waals surface area contributed by atoms with E-state index in [1.807, 2.05) is 0 Å². The summed E-state index contributed by atoms with van der Waals surface area (Å²) in [5.41, 5.74) is 1.38. The number of thiazole rings is 2. The second-order valence-corrected chi connectivity index (χ2v) is 5.58. The number of aromatic nitrogens is 2. The molecule has 0 aliphatic rings. The Kier molecular flexibility index (Phi) is 2.77. The topological polar surface area (TPSA) is 63.1 Å². The van der Waals surface area contributed by atoms with E-state index in [0.29, 0.717) is 5.69 Å². The summed E-state index contributed by atoms with van der Waals surface area (Å²) in [6.45, 7) is 3.31. The largest absolute Gasteiger partial charge is 0.481 e. The molecule has 6 heteroatoms. The maximum absolute atomic E-state index is 11.1. The van der Waals surface area contributed by atoms with Gasteiger partial charge >= 0.3 is 5.97 Å². The van der Waals surface area contributed by atoms with Crippen molar-refractivity contribution in [2.24, 2.45) is 0 Å². The molecule has 2 aromatic heterocycles. The Balaban J connectivity index is 2.37. The molecule has 2 heterocycles. The molecule has 0 fully saturated rings. The van der Waals surface area contributed by atoms with Crippen LogP contribution in [0.3, 0.4) is 0 Å². The summed E-state index contributed by atoms with van der Waals surface area (Å²) in [6.07, 6.45) is 1.74. The minimum Gasteiger partial charge on any atom is -0.481 e. The van der Waals surface area contributed by atoms with Crippen molar-refractivity contribution < 1.29 is 9.90 Å². The van der Waals surface area contributed by atoms with Crippen LogP contribution < -0.4 is 0 Å². The van der Waals surface area contributed by atoms with Crippen LogP contribution in [0.2, 0.25) is 0 Å². The summed E-state index contributed by atoms with van der Waals surface area (Å²) < 4.78 is 0. The van der Waals surface area contributed by atoms with Crippen molar-refractivity contribution in [1.29, 1.82) is 0 Å². The van der Waals surface area contributed by atoms with E-state index in [9.17, 15) is 4.79 Å². The zero-order chi connectivity index (χ0) is 11.8. The maximum Gasteiger partial charge on any atom is 0.315 e. The van der Waals surface area contributed by atoms with Gasteiger partial charge in [-0.3, -0.25) is 9.78 Å². The monoisotopic (exact) mass is 254 g/mol. The molecule has 0 amide bonds. The number of carboxylic acids is 1. The highest BCUT2D eigenvalue weighted by molar-refractivity contribution is 7.19. The molecule has 0 aliphatic heterocycles. The van der Waals surface area contributed by atoms with Crippen molar-refractivity contribution in [1.82, 2.24) is 9.97 Å². The first kappa shape index (κ1) is 11.2. The zero-order valence-corrected chi connectivity index (χ0v) is 10.4. The molecule has 2 rings (SSSR count). The first-order valence-corrected chi connectivity index (χ1v) is 6.36. The van der Waals surface area contributed by atoms with Gasteiger partial charge in [-0.05, 0) is 13.8 Å². The normalized spacial score (nSPS) is 11.6. The fourth-order valence-corrected chi connectivity index (χ4v) is 2.79. The number of nitrogens with zero attached hydrogens (tertiary/aromatic N) is 2. The van der Waals surface area contributed by atoms with Crippen molar-refractivity contribution >= 4 is 28.6 Å². The standard InChI is InChI=1S/C10H10N2O2S2/c1-10(2,9(13)14)7-4-15-8(12-7)6-3-11-5-16-6/h3-5H,1-2H3,(H,13,14). The molecule has 0 bridgehead atoms. The molecular weight excluding hydrogens is 244 g/mol. The van der Waals surface area contributed by atoms with Crippen LogP contribution in [0.5, 0.6) is 0 Å². The van der Waals surface area contributed by atoms with E-state index in [1.54, 1.807) is 30.9 Å². The van der Waals surface area contributed by atoms with Crippen molar-refractivity contribution in [3.05, 3.63) is 22.8 Å². The fraction of sp³-hybridized carbons (Fsp3) is 0.300. The Hall–Kier alpha value is -1.27. The second kappa shape index (κ2) is 3.95. The third-order valence-electron chi connectivity index (χ3n) is 2.32. The van der Waals surface area contributed by atoms with Crippen LogP contribution in [-0.2, 0) is 10.2 Å². The van der Waals surface area contributed by atoms with Crippen LogP contribution in [0.25, 0.3) is 9.88 Å². The molecule has 0 saturated carbocycles. The number of carboxylic acid groups (broad SMARTS) is 1. The van der Waals surface area contributed by atoms with Gasteiger partial charge in [-0.15, -0.1) is 22.7 Å². The van der Waals surface area contributed by atoms with Crippen LogP contribution in [0.15, 0.2) is 17.1 Å². The zero-order valence-electron chi connectivity index (χ0n) is 8.80. The first-order chi connectivity index (χ1) is 7.51. The van der Waals surface area contributed by atoms with Gasteiger partial charge in [0.25, 0.3) is 0 Å². The number of hydrogen-bond acceptors (Lipinski definition) is 5. The predicted molar refractivity (Wildman–Crippen MR) is 63.9 cm³/mol. The smallest absolute Gasteiger partial charge is 0.315 e. The maximum atomic E-state index is 11.1. The lowest BCUT2D eigenvalue weighted by Crippen LogP contribution is -2.28. The molecular formula is C10H10N2O2S2. The Labute approximate surface area is 101 Å². The highest BCUT2D eigenvalue weighted by Gasteiger charge is 2.32. The summed E-state index contributed by atoms with van der Waals surface area (Å²) in [5.74, 6) is -0.867. The third kappa shape index (κ3) is 1.85. The van der Waals surface area contributed by atoms with Crippen molar-refractivity contribution in [3.63, 3.8) is 0 Å². The number of carbonyl (C=O) groups is 1. The van der Waals surface area contributed by atoms with Crippen LogP contribution in [0.1, 0.15) is 19.5 Å². The quantitative estimate of drug-likeness (QED) is 0.914. The average Bonchev–Trinajstić information content (AvgIpc) is 2.88. The van der Waals surface area contributed by atoms with E-state index in [-0.39, 0.29) is 0 Å². The summed E-state index contributed by atoms with van der Waals surface area (Å²) in [5, 5.41) is 11.7. The minimum atomic E-state index is -0.945. The lowest BCUT2D eigenvalue weighted by atomic mass is 9.90. The summed E-state index contributed by atoms with van der Waals surface area (Å²) in [4.78, 5) is 20.4. The molecule has 0 spiro atoms. The van der Waals surface area contributed by atoms with Crippen LogP contribution in [0, 0.1) is 0 Å². The molecule has 0 aromatic carbocycles. The highest BCUT2D eigenvalue weighted by Crippen LogP contribution is 2.31. The van der Waals surface area contributed by atoms with Crippen molar-refractivity contribution in [3.8, 4) is 9.88 Å². The van der Waals surface area contributed by atoms with Gasteiger partial charge in [0.1, 0.15) is 10.4 Å². The average molecular weight is 254 g/mol. The Morgan fingerprint density at radius 1 is 1.44 bits per heavy atom. The summed E-state index contributed by atoms with van der Waals surface area (Å²) in [7, 11) is 0. The molecule has 0 radical (unpaired) electrons. The minimum absolute atomic E-state index is 0.591. The van der Waals surface area contributed by atoms with Crippen LogP contribution in [0.4, 0.5) is 0 Å². The second-order valence-electron chi connectivity index (χ2n) is 3.83. The molecule has 84 valence electrons. The lowest BCUT2D eigenvalue weighted by molar-refractivity contribution is -0.142. The fourth-order valence-electron chi connectivity index (χ4n) is 1.10. The van der Waals surface area contributed by atoms with Crippen molar-refractivity contribution in [2.45, 2.75) is 19.3 Å². The molecule has 0 atom stereocenters. The number of hydrogen-bond donors (Lipinski definition) is 1. The molecule has 16 heavy (non-hydrogen) atoms. The predicted octanol–water partition coefficient (Wildman–Crippen LogP) is 2.63. The van der Waals surface area contributed by atoms with Gasteiger partial charge in [-0.1, -0.05) is 0 Å². The Bertz CT molecular complexity index is 503. The van der Waals surface area contributed by atoms with Crippen molar-refractivity contribution in [2.75, 3.05) is 0 Å². The SMILES string of the molecule is CC(C)(C(=O)O)c1csc(-c2cncs2)n1. The molecule has 0 unspecified atom stereocenters. The van der Waals surface area contributed by atoms with Gasteiger partial charge in [0.05, 0.1) is 16.1 Å². The van der Waals surface area contributed by atoms with Crippen LogP contribution >= 0.6 is 22.7 Å². The first-order valence-electron chi connectivity index (χ1n) is 4.60. The summed E-state index contributed by atoms with van der Waals surface area (Å²) in [6, 6.07) is 0. The molecule has 0 aliphatic carbocycles. The van der Waals surface area contributed by atoms with Gasteiger partial charge in [-0.2, -0.15) is 0 Å².